The Balaban J connectivity index is 1.40. The van der Waals surface area contributed by atoms with Crippen molar-refractivity contribution in [2.45, 2.75) is 31.7 Å². The van der Waals surface area contributed by atoms with E-state index in [0.29, 0.717) is 42.6 Å². The number of hydrogen-bond donors (Lipinski definition) is 0. The molecular formula is C25H34Cl2N4O4. The summed E-state index contributed by atoms with van der Waals surface area (Å²) in [6.45, 7) is 4.91. The molecule has 10 heteroatoms. The van der Waals surface area contributed by atoms with Gasteiger partial charge in [-0.1, -0.05) is 29.3 Å². The molecular weight excluding hydrogens is 491 g/mol. The van der Waals surface area contributed by atoms with Crippen molar-refractivity contribution in [1.82, 2.24) is 19.6 Å². The average molecular weight is 525 g/mol. The first kappa shape index (κ1) is 27.3. The van der Waals surface area contributed by atoms with E-state index in [1.165, 1.54) is 13.2 Å². The summed E-state index contributed by atoms with van der Waals surface area (Å²) in [6, 6.07) is 5.41. The highest BCUT2D eigenvalue weighted by atomic mass is 35.5. The highest BCUT2D eigenvalue weighted by molar-refractivity contribution is 6.42. The molecule has 35 heavy (non-hydrogen) atoms. The van der Waals surface area contributed by atoms with Crippen molar-refractivity contribution >= 4 is 47.2 Å². The van der Waals surface area contributed by atoms with E-state index in [9.17, 15) is 14.4 Å². The first-order valence-corrected chi connectivity index (χ1v) is 12.8. The Bertz CT molecular complexity index is 934. The molecule has 1 aromatic rings. The molecule has 0 bridgehead atoms. The monoisotopic (exact) mass is 524 g/mol. The number of hydrogen-bond acceptors (Lipinski definition) is 5. The van der Waals surface area contributed by atoms with Crippen LogP contribution in [0.15, 0.2) is 24.3 Å². The van der Waals surface area contributed by atoms with Crippen LogP contribution >= 0.6 is 23.2 Å². The molecule has 0 unspecified atom stereocenters. The van der Waals surface area contributed by atoms with Crippen molar-refractivity contribution in [1.29, 1.82) is 0 Å². The summed E-state index contributed by atoms with van der Waals surface area (Å²) in [5.74, 6) is -0.0299. The van der Waals surface area contributed by atoms with Crippen molar-refractivity contribution in [2.75, 3.05) is 60.0 Å². The van der Waals surface area contributed by atoms with Crippen LogP contribution in [0.1, 0.15) is 31.2 Å². The van der Waals surface area contributed by atoms with Gasteiger partial charge in [-0.15, -0.1) is 0 Å². The van der Waals surface area contributed by atoms with Crippen LogP contribution in [0.5, 0.6) is 0 Å². The van der Waals surface area contributed by atoms with Gasteiger partial charge in [0, 0.05) is 64.9 Å². The summed E-state index contributed by atoms with van der Waals surface area (Å²) in [6.07, 6.45) is 5.98. The van der Waals surface area contributed by atoms with Gasteiger partial charge in [0.1, 0.15) is 0 Å². The van der Waals surface area contributed by atoms with Gasteiger partial charge in [-0.3, -0.25) is 9.59 Å². The fourth-order valence-corrected chi connectivity index (χ4v) is 4.83. The molecule has 3 rings (SSSR count). The van der Waals surface area contributed by atoms with Gasteiger partial charge in [0.05, 0.1) is 17.2 Å². The summed E-state index contributed by atoms with van der Waals surface area (Å²) in [4.78, 5) is 44.6. The number of piperidine rings is 1. The van der Waals surface area contributed by atoms with E-state index in [2.05, 4.69) is 4.90 Å². The molecule has 0 aromatic heterocycles. The predicted octanol–water partition coefficient (Wildman–Crippen LogP) is 3.62. The van der Waals surface area contributed by atoms with E-state index in [0.717, 1.165) is 44.5 Å². The van der Waals surface area contributed by atoms with Gasteiger partial charge >= 0.3 is 6.09 Å². The Hall–Kier alpha value is -2.29. The first-order valence-electron chi connectivity index (χ1n) is 12.0. The maximum Gasteiger partial charge on any atom is 0.409 e. The van der Waals surface area contributed by atoms with Crippen LogP contribution in [-0.4, -0.2) is 104 Å². The van der Waals surface area contributed by atoms with E-state index in [-0.39, 0.29) is 23.9 Å². The van der Waals surface area contributed by atoms with Crippen LogP contribution in [0, 0.1) is 0 Å². The number of benzene rings is 1. The van der Waals surface area contributed by atoms with Gasteiger partial charge in [0.15, 0.2) is 0 Å². The summed E-state index contributed by atoms with van der Waals surface area (Å²) in [5.41, 5.74) is 0.793. The molecule has 0 radical (unpaired) electrons. The molecule has 1 aromatic carbocycles. The normalized spacial score (nSPS) is 18.1. The van der Waals surface area contributed by atoms with Gasteiger partial charge in [-0.25, -0.2) is 4.79 Å². The van der Waals surface area contributed by atoms with Gasteiger partial charge < -0.3 is 24.3 Å². The third kappa shape index (κ3) is 7.85. The number of likely N-dealkylation sites (tertiary alicyclic amines) is 1. The van der Waals surface area contributed by atoms with E-state index in [1.54, 1.807) is 41.1 Å². The molecule has 2 aliphatic heterocycles. The van der Waals surface area contributed by atoms with E-state index in [1.807, 2.05) is 4.90 Å². The molecule has 2 aliphatic rings. The molecule has 0 atom stereocenters. The second-order valence-corrected chi connectivity index (χ2v) is 9.78. The van der Waals surface area contributed by atoms with E-state index >= 15 is 0 Å². The summed E-state index contributed by atoms with van der Waals surface area (Å²) < 4.78 is 4.81. The fourth-order valence-electron chi connectivity index (χ4n) is 4.52. The fraction of sp³-hybridized carbons (Fsp3) is 0.560. The Morgan fingerprint density at radius 2 is 1.83 bits per heavy atom. The topological polar surface area (TPSA) is 73.4 Å². The maximum atomic E-state index is 12.7. The molecule has 2 saturated heterocycles. The molecule has 0 saturated carbocycles. The number of carbonyl (C=O) groups excluding carboxylic acids is 3. The summed E-state index contributed by atoms with van der Waals surface area (Å²) >= 11 is 12.0. The number of nitrogens with zero attached hydrogens (tertiary/aromatic N) is 4. The Kier molecular flexibility index (Phi) is 10.2. The molecule has 8 nitrogen and oxygen atoms in total. The quantitative estimate of drug-likeness (QED) is 0.509. The molecule has 2 fully saturated rings. The second kappa shape index (κ2) is 13.1. The lowest BCUT2D eigenvalue weighted by atomic mass is 10.0. The molecule has 2 heterocycles. The Morgan fingerprint density at radius 3 is 2.51 bits per heavy atom. The van der Waals surface area contributed by atoms with E-state index < -0.39 is 0 Å². The highest BCUT2D eigenvalue weighted by Gasteiger charge is 2.26. The third-order valence-corrected chi connectivity index (χ3v) is 7.47. The van der Waals surface area contributed by atoms with Crippen LogP contribution in [0.4, 0.5) is 4.79 Å². The van der Waals surface area contributed by atoms with Gasteiger partial charge in [-0.2, -0.15) is 0 Å². The highest BCUT2D eigenvalue weighted by Crippen LogP contribution is 2.23. The zero-order valence-corrected chi connectivity index (χ0v) is 21.9. The summed E-state index contributed by atoms with van der Waals surface area (Å²) in [7, 11) is 3.19. The predicted molar refractivity (Wildman–Crippen MR) is 138 cm³/mol. The molecule has 3 amide bonds. The minimum absolute atomic E-state index is 0.0900. The average Bonchev–Trinajstić information content (AvgIpc) is 3.05. The number of halogens is 2. The molecule has 0 N–H and O–H groups in total. The maximum absolute atomic E-state index is 12.7. The standard InChI is InChI=1S/C25H34Cl2N4O4/c1-28(25(34)35-2)20-8-13-29(14-9-20)11-3-12-30-16-17-31(15-10-24(30)33)23(32)7-5-19-4-6-21(26)22(27)18-19/h4-7,18,20H,3,8-17H2,1-2H3/b7-5+. The van der Waals surface area contributed by atoms with Crippen LogP contribution < -0.4 is 0 Å². The lowest BCUT2D eigenvalue weighted by Crippen LogP contribution is -2.46. The van der Waals surface area contributed by atoms with Crippen LogP contribution in [0.2, 0.25) is 10.0 Å². The van der Waals surface area contributed by atoms with Gasteiger partial charge in [-0.05, 0) is 49.6 Å². The van der Waals surface area contributed by atoms with Crippen molar-refractivity contribution in [3.05, 3.63) is 39.9 Å². The Morgan fingerprint density at radius 1 is 1.09 bits per heavy atom. The Labute approximate surface area is 217 Å². The number of amides is 3. The molecule has 0 aliphatic carbocycles. The number of rotatable bonds is 7. The van der Waals surface area contributed by atoms with Crippen molar-refractivity contribution in [3.8, 4) is 0 Å². The van der Waals surface area contributed by atoms with Crippen LogP contribution in [0.3, 0.4) is 0 Å². The van der Waals surface area contributed by atoms with Crippen molar-refractivity contribution < 1.29 is 19.1 Å². The number of methoxy groups -OCH3 is 1. The van der Waals surface area contributed by atoms with Gasteiger partial charge in [0.2, 0.25) is 11.8 Å². The SMILES string of the molecule is COC(=O)N(C)C1CCN(CCCN2CCN(C(=O)/C=C/c3ccc(Cl)c(Cl)c3)CCC2=O)CC1. The second-order valence-electron chi connectivity index (χ2n) is 8.97. The number of carbonyl (C=O) groups is 3. The smallest absolute Gasteiger partial charge is 0.409 e. The third-order valence-electron chi connectivity index (χ3n) is 6.73. The van der Waals surface area contributed by atoms with E-state index in [4.69, 9.17) is 27.9 Å². The van der Waals surface area contributed by atoms with Crippen molar-refractivity contribution in [3.63, 3.8) is 0 Å². The minimum atomic E-state index is -0.291. The van der Waals surface area contributed by atoms with Crippen LogP contribution in [0.25, 0.3) is 6.08 Å². The van der Waals surface area contributed by atoms with Crippen molar-refractivity contribution in [2.24, 2.45) is 0 Å². The molecule has 0 spiro atoms. The van der Waals surface area contributed by atoms with Gasteiger partial charge in [0.25, 0.3) is 0 Å². The zero-order valence-electron chi connectivity index (χ0n) is 20.4. The zero-order chi connectivity index (χ0) is 25.4. The lowest BCUT2D eigenvalue weighted by Gasteiger charge is -2.36. The summed E-state index contributed by atoms with van der Waals surface area (Å²) in [5, 5.41) is 0.909. The largest absolute Gasteiger partial charge is 0.453 e. The first-order chi connectivity index (χ1) is 16.8. The molecule has 192 valence electrons. The lowest BCUT2D eigenvalue weighted by molar-refractivity contribution is -0.130. The van der Waals surface area contributed by atoms with Crippen LogP contribution in [-0.2, 0) is 14.3 Å². The minimum Gasteiger partial charge on any atom is -0.453 e. The number of ether oxygens (including phenoxy) is 1.